The van der Waals surface area contributed by atoms with Gasteiger partial charge in [-0.15, -0.1) is 0 Å². The number of carbonyl (C=O) groups is 1. The van der Waals surface area contributed by atoms with Crippen LogP contribution in [-0.4, -0.2) is 44.1 Å². The van der Waals surface area contributed by atoms with Gasteiger partial charge in [0.15, 0.2) is 0 Å². The molecule has 3 aliphatic rings. The molecule has 1 N–H and O–H groups in total. The lowest BCUT2D eigenvalue weighted by molar-refractivity contribution is -0.123. The van der Waals surface area contributed by atoms with E-state index in [1.165, 1.54) is 6.42 Å². The average Bonchev–Trinajstić information content (AvgIpc) is 3.47. The fourth-order valence-corrected chi connectivity index (χ4v) is 6.67. The first-order valence-corrected chi connectivity index (χ1v) is 11.4. The molecule has 7 heteroatoms. The van der Waals surface area contributed by atoms with Gasteiger partial charge in [-0.05, 0) is 55.4 Å². The number of hydrogen-bond acceptors (Lipinski definition) is 4. The van der Waals surface area contributed by atoms with E-state index in [9.17, 15) is 13.2 Å². The van der Waals surface area contributed by atoms with Gasteiger partial charge >= 0.3 is 0 Å². The molecule has 0 radical (unpaired) electrons. The van der Waals surface area contributed by atoms with Crippen LogP contribution in [0, 0.1) is 11.3 Å². The molecule has 2 aliphatic carbocycles. The van der Waals surface area contributed by atoms with Gasteiger partial charge in [-0.1, -0.05) is 19.3 Å². The molecule has 2 saturated carbocycles. The largest absolute Gasteiger partial charge is 0.497 e. The Balaban J connectivity index is 1.54. The highest BCUT2D eigenvalue weighted by Gasteiger charge is 2.55. The maximum absolute atomic E-state index is 13.1. The van der Waals surface area contributed by atoms with Gasteiger partial charge in [0.05, 0.1) is 18.3 Å². The van der Waals surface area contributed by atoms with Gasteiger partial charge in [0, 0.05) is 18.8 Å². The number of methoxy groups -OCH3 is 1. The maximum Gasteiger partial charge on any atom is 0.229 e. The van der Waals surface area contributed by atoms with E-state index < -0.39 is 10.0 Å². The van der Waals surface area contributed by atoms with Crippen molar-refractivity contribution in [3.05, 3.63) is 24.3 Å². The van der Waals surface area contributed by atoms with E-state index in [0.29, 0.717) is 13.1 Å². The maximum atomic E-state index is 13.1. The zero-order chi connectivity index (χ0) is 19.1. The molecule has 0 bridgehead atoms. The number of nitrogens with one attached hydrogen (secondary N) is 1. The number of anilines is 1. The number of benzene rings is 1. The van der Waals surface area contributed by atoms with E-state index in [2.05, 4.69) is 5.32 Å². The number of sulfonamides is 1. The fourth-order valence-electron chi connectivity index (χ4n) is 4.72. The van der Waals surface area contributed by atoms with Crippen LogP contribution in [0.3, 0.4) is 0 Å². The zero-order valence-corrected chi connectivity index (χ0v) is 16.6. The Labute approximate surface area is 161 Å². The SMILES string of the molecule is COc1ccc(NC(=O)C2CN(S(=O)(=O)C3CC3)CC23CCCCC3)cc1. The molecule has 148 valence electrons. The predicted octanol–water partition coefficient (Wildman–Crippen LogP) is 3.01. The summed E-state index contributed by atoms with van der Waals surface area (Å²) in [4.78, 5) is 13.1. The van der Waals surface area contributed by atoms with Crippen molar-refractivity contribution in [2.24, 2.45) is 11.3 Å². The lowest BCUT2D eigenvalue weighted by atomic mass is 9.67. The van der Waals surface area contributed by atoms with Crippen LogP contribution in [0.5, 0.6) is 5.75 Å². The Bertz CT molecular complexity index is 796. The van der Waals surface area contributed by atoms with Crippen LogP contribution in [0.15, 0.2) is 24.3 Å². The molecule has 1 aliphatic heterocycles. The molecule has 3 fully saturated rings. The standard InChI is InChI=1S/C20H28N2O4S/c1-26-16-7-5-15(6-8-16)21-19(23)18-13-22(27(24,25)17-9-10-17)14-20(18)11-3-2-4-12-20/h5-8,17-18H,2-4,9-14H2,1H3,(H,21,23). The number of ether oxygens (including phenoxy) is 1. The van der Waals surface area contributed by atoms with E-state index in [0.717, 1.165) is 50.0 Å². The van der Waals surface area contributed by atoms with Gasteiger partial charge < -0.3 is 10.1 Å². The second-order valence-electron chi connectivity index (χ2n) is 8.23. The molecule has 1 heterocycles. The second-order valence-corrected chi connectivity index (χ2v) is 10.4. The van der Waals surface area contributed by atoms with Crippen molar-refractivity contribution in [2.75, 3.05) is 25.5 Å². The highest BCUT2D eigenvalue weighted by atomic mass is 32.2. The Hall–Kier alpha value is -1.60. The quantitative estimate of drug-likeness (QED) is 0.836. The third kappa shape index (κ3) is 3.59. The van der Waals surface area contributed by atoms with Crippen LogP contribution in [0.1, 0.15) is 44.9 Å². The molecule has 1 amide bonds. The minimum absolute atomic E-state index is 0.0597. The fraction of sp³-hybridized carbons (Fsp3) is 0.650. The molecular formula is C20H28N2O4S. The van der Waals surface area contributed by atoms with E-state index in [1.807, 2.05) is 24.3 Å². The van der Waals surface area contributed by atoms with Gasteiger partial charge in [-0.2, -0.15) is 0 Å². The Morgan fingerprint density at radius 1 is 1.15 bits per heavy atom. The Morgan fingerprint density at radius 2 is 1.81 bits per heavy atom. The summed E-state index contributed by atoms with van der Waals surface area (Å²) in [6, 6.07) is 7.25. The molecule has 1 aromatic carbocycles. The van der Waals surface area contributed by atoms with E-state index in [4.69, 9.17) is 4.74 Å². The summed E-state index contributed by atoms with van der Waals surface area (Å²) in [5, 5.41) is 2.79. The molecule has 1 saturated heterocycles. The average molecular weight is 393 g/mol. The topological polar surface area (TPSA) is 75.7 Å². The lowest BCUT2D eigenvalue weighted by Gasteiger charge is -2.37. The van der Waals surface area contributed by atoms with Crippen molar-refractivity contribution < 1.29 is 17.9 Å². The molecule has 27 heavy (non-hydrogen) atoms. The van der Waals surface area contributed by atoms with Crippen LogP contribution in [0.25, 0.3) is 0 Å². The summed E-state index contributed by atoms with van der Waals surface area (Å²) in [5.41, 5.74) is 0.506. The number of hydrogen-bond donors (Lipinski definition) is 1. The first-order valence-electron chi connectivity index (χ1n) is 9.88. The third-order valence-corrected chi connectivity index (χ3v) is 8.76. The number of rotatable bonds is 5. The van der Waals surface area contributed by atoms with Gasteiger partial charge in [0.2, 0.25) is 15.9 Å². The van der Waals surface area contributed by atoms with Crippen molar-refractivity contribution in [3.8, 4) is 5.75 Å². The molecule has 0 aromatic heterocycles. The molecule has 1 unspecified atom stereocenters. The minimum atomic E-state index is -3.25. The highest BCUT2D eigenvalue weighted by Crippen LogP contribution is 2.50. The zero-order valence-electron chi connectivity index (χ0n) is 15.8. The minimum Gasteiger partial charge on any atom is -0.497 e. The van der Waals surface area contributed by atoms with Crippen LogP contribution >= 0.6 is 0 Å². The van der Waals surface area contributed by atoms with Crippen molar-refractivity contribution in [1.82, 2.24) is 4.31 Å². The van der Waals surface area contributed by atoms with Crippen LogP contribution < -0.4 is 10.1 Å². The molecule has 6 nitrogen and oxygen atoms in total. The summed E-state index contributed by atoms with van der Waals surface area (Å²) < 4.78 is 32.4. The monoisotopic (exact) mass is 392 g/mol. The molecule has 1 aromatic rings. The molecule has 4 rings (SSSR count). The summed E-state index contributed by atoms with van der Waals surface area (Å²) in [6.07, 6.45) is 6.70. The summed E-state index contributed by atoms with van der Waals surface area (Å²) in [6.45, 7) is 0.827. The van der Waals surface area contributed by atoms with E-state index in [1.54, 1.807) is 11.4 Å². The first kappa shape index (κ1) is 18.7. The van der Waals surface area contributed by atoms with Gasteiger partial charge in [0.25, 0.3) is 0 Å². The van der Waals surface area contributed by atoms with Crippen molar-refractivity contribution in [2.45, 2.75) is 50.2 Å². The van der Waals surface area contributed by atoms with Gasteiger partial charge in [-0.3, -0.25) is 4.79 Å². The lowest BCUT2D eigenvalue weighted by Crippen LogP contribution is -2.39. The van der Waals surface area contributed by atoms with E-state index >= 15 is 0 Å². The first-order chi connectivity index (χ1) is 12.9. The Kier molecular flexibility index (Phi) is 4.93. The Morgan fingerprint density at radius 3 is 2.41 bits per heavy atom. The number of nitrogens with zero attached hydrogens (tertiary/aromatic N) is 1. The highest BCUT2D eigenvalue weighted by molar-refractivity contribution is 7.90. The third-order valence-electron chi connectivity index (χ3n) is 6.45. The van der Waals surface area contributed by atoms with Crippen molar-refractivity contribution in [3.63, 3.8) is 0 Å². The molecule has 1 spiro atoms. The summed E-state index contributed by atoms with van der Waals surface area (Å²) in [7, 11) is -1.65. The number of carbonyl (C=O) groups excluding carboxylic acids is 1. The van der Waals surface area contributed by atoms with Gasteiger partial charge in [0.1, 0.15) is 5.75 Å². The van der Waals surface area contributed by atoms with Gasteiger partial charge in [-0.25, -0.2) is 12.7 Å². The smallest absolute Gasteiger partial charge is 0.229 e. The van der Waals surface area contributed by atoms with Crippen molar-refractivity contribution in [1.29, 1.82) is 0 Å². The van der Waals surface area contributed by atoms with Crippen LogP contribution in [0.4, 0.5) is 5.69 Å². The van der Waals surface area contributed by atoms with Crippen LogP contribution in [0.2, 0.25) is 0 Å². The van der Waals surface area contributed by atoms with E-state index in [-0.39, 0.29) is 22.5 Å². The van der Waals surface area contributed by atoms with Crippen LogP contribution in [-0.2, 0) is 14.8 Å². The van der Waals surface area contributed by atoms with Crippen molar-refractivity contribution >= 4 is 21.6 Å². The molecule has 1 atom stereocenters. The summed E-state index contributed by atoms with van der Waals surface area (Å²) in [5.74, 6) is 0.392. The molecular weight excluding hydrogens is 364 g/mol. The second kappa shape index (κ2) is 7.09. The number of amides is 1. The predicted molar refractivity (Wildman–Crippen MR) is 104 cm³/mol. The summed E-state index contributed by atoms with van der Waals surface area (Å²) >= 11 is 0. The normalized spacial score (nSPS) is 25.4.